The van der Waals surface area contributed by atoms with Crippen LogP contribution in [0.2, 0.25) is 5.02 Å². The van der Waals surface area contributed by atoms with Crippen molar-refractivity contribution in [1.29, 1.82) is 5.26 Å². The number of hydrogen-bond donors (Lipinski definition) is 0. The van der Waals surface area contributed by atoms with Crippen LogP contribution >= 0.6 is 23.4 Å². The summed E-state index contributed by atoms with van der Waals surface area (Å²) in [6.45, 7) is 8.01. The van der Waals surface area contributed by atoms with Gasteiger partial charge in [0.15, 0.2) is 0 Å². The topological polar surface area (TPSA) is 79.1 Å². The molecule has 3 rings (SSSR count). The number of hydrogen-bond acceptors (Lipinski definition) is 5. The average molecular weight is 419 g/mol. The second kappa shape index (κ2) is 7.23. The summed E-state index contributed by atoms with van der Waals surface area (Å²) in [5, 5.41) is 9.36. The normalized spacial score (nSPS) is 21.9. The Labute approximate surface area is 174 Å². The van der Waals surface area contributed by atoms with Gasteiger partial charge in [-0.15, -0.1) is 0 Å². The molecule has 6 nitrogen and oxygen atoms in total. The molecule has 0 spiro atoms. The average Bonchev–Trinajstić information content (AvgIpc) is 2.65. The number of carbonyl (C=O) groups is 1. The van der Waals surface area contributed by atoms with E-state index in [2.05, 4.69) is 9.97 Å². The second-order valence-electron chi connectivity index (χ2n) is 8.04. The number of carbonyl (C=O) groups excluding carboxylic acids is 1. The number of aromatic nitrogens is 2. The Balaban J connectivity index is 1.83. The van der Waals surface area contributed by atoms with Gasteiger partial charge in [0.1, 0.15) is 24.3 Å². The molecule has 0 atom stereocenters. The molecule has 0 radical (unpaired) electrons. The molecule has 1 aromatic carbocycles. The Morgan fingerprint density at radius 3 is 2.36 bits per heavy atom. The van der Waals surface area contributed by atoms with E-state index in [0.717, 1.165) is 0 Å². The minimum absolute atomic E-state index is 0.227. The molecule has 1 aliphatic carbocycles. The predicted octanol–water partition coefficient (Wildman–Crippen LogP) is 4.48. The van der Waals surface area contributed by atoms with Crippen LogP contribution < -0.4 is 4.74 Å². The maximum absolute atomic E-state index is 12.8. The van der Waals surface area contributed by atoms with E-state index < -0.39 is 10.8 Å². The van der Waals surface area contributed by atoms with Gasteiger partial charge in [0, 0.05) is 41.1 Å². The largest absolute Gasteiger partial charge is 0.489 e. The summed E-state index contributed by atoms with van der Waals surface area (Å²) in [5.41, 5.74) is -0.151. The molecule has 1 heterocycles. The summed E-state index contributed by atoms with van der Waals surface area (Å²) < 4.78 is 7.44. The van der Waals surface area contributed by atoms with E-state index in [1.54, 1.807) is 18.2 Å². The highest BCUT2D eigenvalue weighted by atomic mass is 35.5. The molecule has 8 heteroatoms. The summed E-state index contributed by atoms with van der Waals surface area (Å²) in [4.78, 5) is 20.5. The van der Waals surface area contributed by atoms with E-state index in [4.69, 9.17) is 33.4 Å². The minimum atomic E-state index is -0.434. The van der Waals surface area contributed by atoms with E-state index in [1.165, 1.54) is 23.1 Å². The monoisotopic (exact) mass is 418 g/mol. The van der Waals surface area contributed by atoms with E-state index in [1.807, 2.05) is 33.8 Å². The van der Waals surface area contributed by atoms with Crippen molar-refractivity contribution in [3.8, 4) is 11.8 Å². The lowest BCUT2D eigenvalue weighted by atomic mass is 9.49. The van der Waals surface area contributed by atoms with Gasteiger partial charge in [0.05, 0.1) is 22.2 Å². The third kappa shape index (κ3) is 3.30. The van der Waals surface area contributed by atoms with Crippen LogP contribution in [0.5, 0.6) is 5.75 Å². The van der Waals surface area contributed by atoms with Gasteiger partial charge in [-0.05, 0) is 12.1 Å². The second-order valence-corrected chi connectivity index (χ2v) is 8.81. The van der Waals surface area contributed by atoms with Gasteiger partial charge >= 0.3 is 0 Å². The van der Waals surface area contributed by atoms with Crippen molar-refractivity contribution in [3.05, 3.63) is 53.1 Å². The molecule has 1 aromatic heterocycles. The molecule has 1 fully saturated rings. The molecule has 1 saturated carbocycles. The summed E-state index contributed by atoms with van der Waals surface area (Å²) in [6, 6.07) is 6.72. The smallest absolute Gasteiger partial charge is 0.271 e. The number of rotatable bonds is 4. The van der Waals surface area contributed by atoms with Crippen LogP contribution in [0.1, 0.15) is 43.6 Å². The summed E-state index contributed by atoms with van der Waals surface area (Å²) in [6.07, 6.45) is 4.01. The van der Waals surface area contributed by atoms with Crippen molar-refractivity contribution < 1.29 is 9.53 Å². The van der Waals surface area contributed by atoms with E-state index >= 15 is 0 Å². The Morgan fingerprint density at radius 1 is 1.21 bits per heavy atom. The predicted molar refractivity (Wildman–Crippen MR) is 106 cm³/mol. The molecular formula is C20H20Cl2N4O2. The third-order valence-corrected chi connectivity index (χ3v) is 5.97. The molecular weight excluding hydrogens is 399 g/mol. The minimum Gasteiger partial charge on any atom is -0.489 e. The maximum Gasteiger partial charge on any atom is 0.271 e. The summed E-state index contributed by atoms with van der Waals surface area (Å²) in [7, 11) is 0. The molecule has 2 aromatic rings. The zero-order valence-corrected chi connectivity index (χ0v) is 17.5. The van der Waals surface area contributed by atoms with Gasteiger partial charge in [0.25, 0.3) is 5.91 Å². The quantitative estimate of drug-likeness (QED) is 0.683. The maximum atomic E-state index is 12.8. The van der Waals surface area contributed by atoms with Gasteiger partial charge in [-0.3, -0.25) is 4.79 Å². The number of ether oxygens (including phenoxy) is 1. The van der Waals surface area contributed by atoms with E-state index in [0.29, 0.717) is 21.9 Å². The van der Waals surface area contributed by atoms with Crippen molar-refractivity contribution in [2.45, 2.75) is 39.8 Å². The van der Waals surface area contributed by atoms with Crippen LogP contribution in [0.25, 0.3) is 0 Å². The van der Waals surface area contributed by atoms with Crippen LogP contribution in [-0.4, -0.2) is 32.4 Å². The number of halogens is 2. The van der Waals surface area contributed by atoms with Gasteiger partial charge in [-0.2, -0.15) is 5.26 Å². The zero-order valence-electron chi connectivity index (χ0n) is 16.0. The van der Waals surface area contributed by atoms with Crippen molar-refractivity contribution in [3.63, 3.8) is 0 Å². The van der Waals surface area contributed by atoms with Crippen molar-refractivity contribution >= 4 is 29.3 Å². The first-order valence-electron chi connectivity index (χ1n) is 8.71. The van der Waals surface area contributed by atoms with Crippen LogP contribution in [0, 0.1) is 22.2 Å². The highest BCUT2D eigenvalue weighted by molar-refractivity contribution is 6.31. The van der Waals surface area contributed by atoms with Gasteiger partial charge < -0.3 is 4.74 Å². The first-order chi connectivity index (χ1) is 13.1. The molecule has 1 aliphatic rings. The first kappa shape index (κ1) is 20.4. The van der Waals surface area contributed by atoms with E-state index in [9.17, 15) is 4.79 Å². The highest BCUT2D eigenvalue weighted by Crippen LogP contribution is 2.58. The lowest BCUT2D eigenvalue weighted by Gasteiger charge is -2.64. The van der Waals surface area contributed by atoms with Crippen LogP contribution in [0.3, 0.4) is 0 Å². The molecule has 0 saturated heterocycles. The Bertz CT molecular complexity index is 925. The highest BCUT2D eigenvalue weighted by Gasteiger charge is 2.66. The summed E-state index contributed by atoms with van der Waals surface area (Å²) in [5.74, 6) is 0.214. The molecule has 0 aliphatic heterocycles. The fraction of sp³-hybridized carbons (Fsp3) is 0.400. The lowest BCUT2D eigenvalue weighted by Crippen LogP contribution is -2.73. The van der Waals surface area contributed by atoms with Crippen molar-refractivity contribution in [1.82, 2.24) is 14.4 Å². The zero-order chi connectivity index (χ0) is 20.7. The lowest BCUT2D eigenvalue weighted by molar-refractivity contribution is -0.184. The fourth-order valence-electron chi connectivity index (χ4n) is 4.44. The van der Waals surface area contributed by atoms with E-state index in [-0.39, 0.29) is 18.1 Å². The number of benzene rings is 1. The van der Waals surface area contributed by atoms with Gasteiger partial charge in [-0.25, -0.2) is 14.4 Å². The SMILES string of the molecule is CC1(C)C(Oc2ccc(C#N)c(Cl)c2)C(C)(C)C1N(Cl)C(=O)c1cncnc1. The summed E-state index contributed by atoms with van der Waals surface area (Å²) >= 11 is 12.6. The molecule has 1 amide bonds. The Hall–Kier alpha value is -2.36. The standard InChI is InChI=1S/C20H20Cl2N4O2/c1-19(2)17(26(22)16(27)13-9-24-11-25-10-13)20(3,4)18(19)28-14-6-5-12(8-23)15(21)7-14/h5-7,9-11,17-18H,1-4H3. The van der Waals surface area contributed by atoms with Crippen molar-refractivity contribution in [2.24, 2.45) is 10.8 Å². The van der Waals surface area contributed by atoms with Crippen LogP contribution in [0.4, 0.5) is 0 Å². The third-order valence-electron chi connectivity index (χ3n) is 5.30. The number of nitriles is 1. The van der Waals surface area contributed by atoms with Crippen molar-refractivity contribution in [2.75, 3.05) is 0 Å². The Morgan fingerprint density at radius 2 is 1.82 bits per heavy atom. The molecule has 146 valence electrons. The van der Waals surface area contributed by atoms with Gasteiger partial charge in [0.2, 0.25) is 0 Å². The number of nitrogens with zero attached hydrogens (tertiary/aromatic N) is 4. The molecule has 0 bridgehead atoms. The Kier molecular flexibility index (Phi) is 5.26. The fourth-order valence-corrected chi connectivity index (χ4v) is 5.26. The molecule has 0 unspecified atom stereocenters. The molecule has 28 heavy (non-hydrogen) atoms. The first-order valence-corrected chi connectivity index (χ1v) is 9.43. The van der Waals surface area contributed by atoms with Gasteiger partial charge in [-0.1, -0.05) is 39.3 Å². The van der Waals surface area contributed by atoms with Crippen LogP contribution in [-0.2, 0) is 0 Å². The number of amides is 1. The van der Waals surface area contributed by atoms with Crippen LogP contribution in [0.15, 0.2) is 36.9 Å². The molecule has 0 N–H and O–H groups in total.